The van der Waals surface area contributed by atoms with Crippen LogP contribution in [-0.2, 0) is 11.2 Å². The highest BCUT2D eigenvalue weighted by molar-refractivity contribution is 5.80. The van der Waals surface area contributed by atoms with E-state index in [0.717, 1.165) is 57.3 Å². The average Bonchev–Trinajstić information content (AvgIpc) is 2.65. The van der Waals surface area contributed by atoms with Gasteiger partial charge in [-0.1, -0.05) is 48.1 Å². The molecule has 148 valence electrons. The first kappa shape index (κ1) is 21.4. The summed E-state index contributed by atoms with van der Waals surface area (Å²) in [7, 11) is 0. The van der Waals surface area contributed by atoms with E-state index in [2.05, 4.69) is 61.2 Å². The van der Waals surface area contributed by atoms with Gasteiger partial charge in [0, 0.05) is 13.1 Å². The summed E-state index contributed by atoms with van der Waals surface area (Å²) in [5.74, 6) is 0.0449. The number of rotatable bonds is 9. The van der Waals surface area contributed by atoms with Gasteiger partial charge in [0.15, 0.2) is 0 Å². The van der Waals surface area contributed by atoms with Gasteiger partial charge in [-0.3, -0.25) is 4.79 Å². The number of nitrogens with zero attached hydrogens (tertiary/aromatic N) is 1. The summed E-state index contributed by atoms with van der Waals surface area (Å²) in [5, 5.41) is 0. The second kappa shape index (κ2) is 11.1. The molecule has 1 aromatic carbocycles. The predicted octanol–water partition coefficient (Wildman–Crippen LogP) is 4.65. The third-order valence-corrected chi connectivity index (χ3v) is 5.80. The van der Waals surface area contributed by atoms with Crippen LogP contribution in [0.5, 0.6) is 0 Å². The van der Waals surface area contributed by atoms with Gasteiger partial charge in [-0.2, -0.15) is 0 Å². The Hall–Kier alpha value is -1.87. The number of carbonyl (C=O) groups is 1. The number of amides is 1. The number of hydrogen-bond donors (Lipinski definition) is 1. The molecule has 1 fully saturated rings. The number of unbranched alkanes of at least 4 members (excludes halogenated alkanes) is 1. The first-order valence-electron chi connectivity index (χ1n) is 10.4. The number of piperidine rings is 1. The molecule has 1 heterocycles. The molecule has 0 saturated carbocycles. The molecular formula is C24H36N2O. The van der Waals surface area contributed by atoms with Gasteiger partial charge in [-0.15, -0.1) is 0 Å². The number of benzene rings is 1. The van der Waals surface area contributed by atoms with E-state index in [4.69, 9.17) is 5.73 Å². The Balaban J connectivity index is 1.96. The van der Waals surface area contributed by atoms with Crippen molar-refractivity contribution < 1.29 is 4.79 Å². The van der Waals surface area contributed by atoms with Crippen molar-refractivity contribution in [3.8, 4) is 0 Å². The lowest BCUT2D eigenvalue weighted by Crippen LogP contribution is -2.43. The molecule has 0 aromatic heterocycles. The quantitative estimate of drug-likeness (QED) is 0.509. The summed E-state index contributed by atoms with van der Waals surface area (Å²) >= 11 is 0. The van der Waals surface area contributed by atoms with Gasteiger partial charge in [0.25, 0.3) is 0 Å². The molecule has 2 atom stereocenters. The molecule has 1 aromatic rings. The zero-order valence-corrected chi connectivity index (χ0v) is 17.3. The fraction of sp³-hybridized carbons (Fsp3) is 0.542. The van der Waals surface area contributed by atoms with Gasteiger partial charge in [0.1, 0.15) is 0 Å². The van der Waals surface area contributed by atoms with E-state index in [-0.39, 0.29) is 11.8 Å². The highest BCUT2D eigenvalue weighted by Crippen LogP contribution is 2.29. The third-order valence-electron chi connectivity index (χ3n) is 5.80. The molecule has 1 amide bonds. The van der Waals surface area contributed by atoms with Crippen LogP contribution in [0.15, 0.2) is 48.1 Å². The van der Waals surface area contributed by atoms with Crippen molar-refractivity contribution in [1.82, 2.24) is 4.90 Å². The molecule has 2 rings (SSSR count). The minimum absolute atomic E-state index is 0.128. The Labute approximate surface area is 165 Å². The second-order valence-electron chi connectivity index (χ2n) is 7.85. The minimum atomic E-state index is -0.166. The van der Waals surface area contributed by atoms with Crippen LogP contribution in [0.3, 0.4) is 0 Å². The van der Waals surface area contributed by atoms with Gasteiger partial charge in [0.05, 0.1) is 5.92 Å². The molecule has 3 nitrogen and oxygen atoms in total. The zero-order chi connectivity index (χ0) is 19.6. The number of likely N-dealkylation sites (tertiary alicyclic amines) is 1. The van der Waals surface area contributed by atoms with Gasteiger partial charge >= 0.3 is 0 Å². The van der Waals surface area contributed by atoms with Crippen molar-refractivity contribution in [2.75, 3.05) is 19.6 Å². The van der Waals surface area contributed by atoms with Crippen molar-refractivity contribution in [2.24, 2.45) is 17.6 Å². The summed E-state index contributed by atoms with van der Waals surface area (Å²) < 4.78 is 0. The summed E-state index contributed by atoms with van der Waals surface area (Å²) in [4.78, 5) is 14.7. The minimum Gasteiger partial charge on any atom is -0.369 e. The Bertz CT molecular complexity index is 662. The molecule has 0 spiro atoms. The summed E-state index contributed by atoms with van der Waals surface area (Å²) in [6.45, 7) is 9.45. The van der Waals surface area contributed by atoms with Gasteiger partial charge in [-0.25, -0.2) is 0 Å². The first-order valence-corrected chi connectivity index (χ1v) is 10.4. The van der Waals surface area contributed by atoms with Crippen LogP contribution >= 0.6 is 0 Å². The Kier molecular flexibility index (Phi) is 8.80. The third kappa shape index (κ3) is 6.66. The molecular weight excluding hydrogens is 332 g/mol. The standard InChI is InChI=1S/C24H36N2O/c1-4-5-6-7-12-20(3)23(24(25)27)22-14-10-16-26(18-22)17-15-21-13-9-8-11-19(21)2/h4-5,8-9,11-13,22-23H,6-7,10,14-18H2,1-3H3,(H2,25,27)/b5-4-,20-12+. The lowest BCUT2D eigenvalue weighted by atomic mass is 9.80. The van der Waals surface area contributed by atoms with Gasteiger partial charge in [0.2, 0.25) is 5.91 Å². The highest BCUT2D eigenvalue weighted by Gasteiger charge is 2.31. The highest BCUT2D eigenvalue weighted by atomic mass is 16.1. The van der Waals surface area contributed by atoms with E-state index in [0.29, 0.717) is 5.92 Å². The lowest BCUT2D eigenvalue weighted by Gasteiger charge is -2.36. The van der Waals surface area contributed by atoms with E-state index < -0.39 is 0 Å². The molecule has 0 aliphatic carbocycles. The van der Waals surface area contributed by atoms with E-state index in [9.17, 15) is 4.79 Å². The zero-order valence-electron chi connectivity index (χ0n) is 17.3. The second-order valence-corrected chi connectivity index (χ2v) is 7.85. The van der Waals surface area contributed by atoms with E-state index in [1.54, 1.807) is 0 Å². The number of nitrogens with two attached hydrogens (primary N) is 1. The van der Waals surface area contributed by atoms with E-state index >= 15 is 0 Å². The molecule has 1 saturated heterocycles. The summed E-state index contributed by atoms with van der Waals surface area (Å²) in [6, 6.07) is 8.62. The SMILES string of the molecule is C/C=C\CC/C=C(\C)C(C(N)=O)C1CCCN(CCc2ccccc2C)C1. The van der Waals surface area contributed by atoms with Crippen LogP contribution in [0.25, 0.3) is 0 Å². The molecule has 0 radical (unpaired) electrons. The molecule has 2 unspecified atom stereocenters. The van der Waals surface area contributed by atoms with Crippen molar-refractivity contribution in [1.29, 1.82) is 0 Å². The number of aryl methyl sites for hydroxylation is 1. The molecule has 1 aliphatic heterocycles. The van der Waals surface area contributed by atoms with Crippen LogP contribution in [0, 0.1) is 18.8 Å². The van der Waals surface area contributed by atoms with Crippen LogP contribution in [0.2, 0.25) is 0 Å². The smallest absolute Gasteiger partial charge is 0.224 e. The summed E-state index contributed by atoms with van der Waals surface area (Å²) in [5.41, 5.74) is 9.75. The fourth-order valence-electron chi connectivity index (χ4n) is 4.26. The van der Waals surface area contributed by atoms with Crippen molar-refractivity contribution in [3.05, 3.63) is 59.2 Å². The van der Waals surface area contributed by atoms with Crippen LogP contribution in [0.4, 0.5) is 0 Å². The number of carbonyl (C=O) groups excluding carboxylic acids is 1. The monoisotopic (exact) mass is 368 g/mol. The molecule has 27 heavy (non-hydrogen) atoms. The fourth-order valence-corrected chi connectivity index (χ4v) is 4.26. The Morgan fingerprint density at radius 1 is 1.33 bits per heavy atom. The van der Waals surface area contributed by atoms with E-state index in [1.807, 2.05) is 6.92 Å². The van der Waals surface area contributed by atoms with Crippen LogP contribution in [-0.4, -0.2) is 30.4 Å². The number of primary amides is 1. The molecule has 0 bridgehead atoms. The van der Waals surface area contributed by atoms with Gasteiger partial charge in [-0.05, 0) is 76.5 Å². The maximum atomic E-state index is 12.2. The average molecular weight is 369 g/mol. The first-order chi connectivity index (χ1) is 13.0. The molecule has 2 N–H and O–H groups in total. The van der Waals surface area contributed by atoms with E-state index in [1.165, 1.54) is 11.1 Å². The topological polar surface area (TPSA) is 46.3 Å². The van der Waals surface area contributed by atoms with Crippen molar-refractivity contribution in [3.63, 3.8) is 0 Å². The maximum Gasteiger partial charge on any atom is 0.224 e. The lowest BCUT2D eigenvalue weighted by molar-refractivity contribution is -0.122. The Morgan fingerprint density at radius 2 is 2.11 bits per heavy atom. The van der Waals surface area contributed by atoms with Crippen LogP contribution < -0.4 is 5.73 Å². The normalized spacial score (nSPS) is 20.1. The van der Waals surface area contributed by atoms with Crippen LogP contribution in [0.1, 0.15) is 50.7 Å². The predicted molar refractivity (Wildman–Crippen MR) is 115 cm³/mol. The Morgan fingerprint density at radius 3 is 2.81 bits per heavy atom. The van der Waals surface area contributed by atoms with Crippen molar-refractivity contribution in [2.45, 2.75) is 52.9 Å². The number of hydrogen-bond acceptors (Lipinski definition) is 2. The van der Waals surface area contributed by atoms with Gasteiger partial charge < -0.3 is 10.6 Å². The van der Waals surface area contributed by atoms with Crippen molar-refractivity contribution >= 4 is 5.91 Å². The maximum absolute atomic E-state index is 12.2. The number of allylic oxidation sites excluding steroid dienone is 3. The summed E-state index contributed by atoms with van der Waals surface area (Å²) in [6.07, 6.45) is 11.7. The largest absolute Gasteiger partial charge is 0.369 e. The molecule has 3 heteroatoms. The molecule has 1 aliphatic rings.